The molecule has 0 saturated carbocycles. The first-order valence-corrected chi connectivity index (χ1v) is 6.63. The van der Waals surface area contributed by atoms with Crippen LogP contribution in [-0.4, -0.2) is 27.6 Å². The second-order valence-corrected chi connectivity index (χ2v) is 5.09. The largest absolute Gasteiger partial charge is 0.508 e. The highest BCUT2D eigenvalue weighted by Crippen LogP contribution is 2.26. The van der Waals surface area contributed by atoms with E-state index in [4.69, 9.17) is 0 Å². The summed E-state index contributed by atoms with van der Waals surface area (Å²) in [5.74, 6) is -1.06. The first kappa shape index (κ1) is 13.4. The molecule has 1 amide bonds. The summed E-state index contributed by atoms with van der Waals surface area (Å²) >= 11 is 0. The zero-order valence-electron chi connectivity index (χ0n) is 11.2. The lowest BCUT2D eigenvalue weighted by molar-refractivity contribution is 0.0731. The Bertz CT molecular complexity index is 715. The number of benzene rings is 2. The number of carbonyl (C=O) groups excluding carboxylic acids is 1. The standard InChI is InChI=1S/C16H14FNO3/c17-12-2-4-15(20)14(8-12)16(21)18-6-5-10-1-3-13(19)7-11(10)9-18/h1-4,7-8,19-20H,5-6,9H2. The van der Waals surface area contributed by atoms with E-state index in [1.165, 1.54) is 11.0 Å². The van der Waals surface area contributed by atoms with Crippen LogP contribution in [0.15, 0.2) is 36.4 Å². The fraction of sp³-hybridized carbons (Fsp3) is 0.188. The summed E-state index contributed by atoms with van der Waals surface area (Å²) in [6.45, 7) is 0.824. The molecule has 1 aliphatic rings. The average molecular weight is 287 g/mol. The van der Waals surface area contributed by atoms with Crippen LogP contribution < -0.4 is 0 Å². The maximum atomic E-state index is 13.3. The zero-order chi connectivity index (χ0) is 15.0. The quantitative estimate of drug-likeness (QED) is 0.847. The van der Waals surface area contributed by atoms with Crippen LogP contribution in [0.3, 0.4) is 0 Å². The molecule has 4 nitrogen and oxygen atoms in total. The summed E-state index contributed by atoms with van der Waals surface area (Å²) in [5, 5.41) is 19.2. The summed E-state index contributed by atoms with van der Waals surface area (Å²) < 4.78 is 13.3. The molecule has 21 heavy (non-hydrogen) atoms. The first-order chi connectivity index (χ1) is 10.0. The van der Waals surface area contributed by atoms with E-state index in [1.807, 2.05) is 6.07 Å². The number of fused-ring (bicyclic) bond motifs is 1. The fourth-order valence-corrected chi connectivity index (χ4v) is 2.57. The van der Waals surface area contributed by atoms with E-state index in [1.54, 1.807) is 12.1 Å². The lowest BCUT2D eigenvalue weighted by Gasteiger charge is -2.29. The van der Waals surface area contributed by atoms with Crippen LogP contribution in [0, 0.1) is 5.82 Å². The van der Waals surface area contributed by atoms with E-state index >= 15 is 0 Å². The monoisotopic (exact) mass is 287 g/mol. The molecular formula is C16H14FNO3. The van der Waals surface area contributed by atoms with Crippen molar-refractivity contribution in [3.05, 3.63) is 58.9 Å². The molecule has 3 rings (SSSR count). The number of hydrogen-bond acceptors (Lipinski definition) is 3. The number of phenols is 2. The van der Waals surface area contributed by atoms with Crippen molar-refractivity contribution in [1.82, 2.24) is 4.90 Å². The van der Waals surface area contributed by atoms with Gasteiger partial charge in [0.05, 0.1) is 5.56 Å². The smallest absolute Gasteiger partial charge is 0.258 e. The van der Waals surface area contributed by atoms with Crippen LogP contribution in [0.2, 0.25) is 0 Å². The summed E-state index contributed by atoms with van der Waals surface area (Å²) in [6, 6.07) is 8.40. The van der Waals surface area contributed by atoms with Crippen LogP contribution in [0.1, 0.15) is 21.5 Å². The highest BCUT2D eigenvalue weighted by molar-refractivity contribution is 5.97. The third-order valence-electron chi connectivity index (χ3n) is 3.68. The van der Waals surface area contributed by atoms with Gasteiger partial charge < -0.3 is 15.1 Å². The summed E-state index contributed by atoms with van der Waals surface area (Å²) in [5.41, 5.74) is 1.91. The molecule has 0 aliphatic carbocycles. The number of aromatic hydroxyl groups is 2. The first-order valence-electron chi connectivity index (χ1n) is 6.63. The van der Waals surface area contributed by atoms with Gasteiger partial charge in [0.15, 0.2) is 0 Å². The maximum Gasteiger partial charge on any atom is 0.258 e. The predicted molar refractivity (Wildman–Crippen MR) is 74.6 cm³/mol. The molecular weight excluding hydrogens is 273 g/mol. The summed E-state index contributed by atoms with van der Waals surface area (Å²) in [7, 11) is 0. The van der Waals surface area contributed by atoms with E-state index < -0.39 is 11.7 Å². The number of rotatable bonds is 1. The molecule has 2 aromatic carbocycles. The van der Waals surface area contributed by atoms with Crippen LogP contribution in [0.25, 0.3) is 0 Å². The molecule has 0 unspecified atom stereocenters. The van der Waals surface area contributed by atoms with Crippen molar-refractivity contribution >= 4 is 5.91 Å². The second-order valence-electron chi connectivity index (χ2n) is 5.09. The molecule has 0 spiro atoms. The Morgan fingerprint density at radius 1 is 1.10 bits per heavy atom. The van der Waals surface area contributed by atoms with Gasteiger partial charge in [0.1, 0.15) is 17.3 Å². The number of nitrogens with zero attached hydrogens (tertiary/aromatic N) is 1. The normalized spacial score (nSPS) is 13.9. The van der Waals surface area contributed by atoms with Crippen LogP contribution >= 0.6 is 0 Å². The van der Waals surface area contributed by atoms with Crippen molar-refractivity contribution in [3.63, 3.8) is 0 Å². The molecule has 1 aliphatic heterocycles. The van der Waals surface area contributed by atoms with Gasteiger partial charge in [-0.1, -0.05) is 6.07 Å². The Morgan fingerprint density at radius 3 is 2.71 bits per heavy atom. The molecule has 2 aromatic rings. The zero-order valence-corrected chi connectivity index (χ0v) is 11.2. The highest BCUT2D eigenvalue weighted by Gasteiger charge is 2.24. The van der Waals surface area contributed by atoms with Crippen molar-refractivity contribution in [2.75, 3.05) is 6.54 Å². The summed E-state index contributed by atoms with van der Waals surface area (Å²) in [6.07, 6.45) is 0.664. The minimum Gasteiger partial charge on any atom is -0.508 e. The molecule has 0 radical (unpaired) electrons. The van der Waals surface area contributed by atoms with Crippen molar-refractivity contribution in [1.29, 1.82) is 0 Å². The van der Waals surface area contributed by atoms with Gasteiger partial charge in [-0.15, -0.1) is 0 Å². The van der Waals surface area contributed by atoms with E-state index in [2.05, 4.69) is 0 Å². The Kier molecular flexibility index (Phi) is 3.25. The number of carbonyl (C=O) groups is 1. The maximum absolute atomic E-state index is 13.3. The Morgan fingerprint density at radius 2 is 1.90 bits per heavy atom. The van der Waals surface area contributed by atoms with Crippen molar-refractivity contribution in [2.45, 2.75) is 13.0 Å². The van der Waals surface area contributed by atoms with Crippen molar-refractivity contribution in [3.8, 4) is 11.5 Å². The summed E-state index contributed by atoms with van der Waals surface area (Å²) in [4.78, 5) is 13.9. The molecule has 108 valence electrons. The van der Waals surface area contributed by atoms with Crippen LogP contribution in [0.5, 0.6) is 11.5 Å². The lowest BCUT2D eigenvalue weighted by atomic mass is 9.98. The molecule has 0 aromatic heterocycles. The molecule has 5 heteroatoms. The highest BCUT2D eigenvalue weighted by atomic mass is 19.1. The van der Waals surface area contributed by atoms with Gasteiger partial charge >= 0.3 is 0 Å². The molecule has 0 fully saturated rings. The third kappa shape index (κ3) is 2.54. The minimum absolute atomic E-state index is 0.0430. The molecule has 0 bridgehead atoms. The van der Waals surface area contributed by atoms with Crippen LogP contribution in [0.4, 0.5) is 4.39 Å². The predicted octanol–water partition coefficient (Wildman–Crippen LogP) is 2.44. The SMILES string of the molecule is O=C(c1cc(F)ccc1O)N1CCc2ccc(O)cc2C1. The van der Waals surface area contributed by atoms with Gasteiger partial charge in [-0.3, -0.25) is 4.79 Å². The lowest BCUT2D eigenvalue weighted by Crippen LogP contribution is -2.36. The number of hydrogen-bond donors (Lipinski definition) is 2. The molecule has 0 atom stereocenters. The number of halogens is 1. The topological polar surface area (TPSA) is 60.8 Å². The van der Waals surface area contributed by atoms with Gasteiger partial charge in [-0.2, -0.15) is 0 Å². The van der Waals surface area contributed by atoms with Crippen LogP contribution in [-0.2, 0) is 13.0 Å². The van der Waals surface area contributed by atoms with Gasteiger partial charge in [-0.25, -0.2) is 4.39 Å². The fourth-order valence-electron chi connectivity index (χ4n) is 2.57. The molecule has 1 heterocycles. The van der Waals surface area contributed by atoms with Gasteiger partial charge in [-0.05, 0) is 47.9 Å². The van der Waals surface area contributed by atoms with E-state index in [0.717, 1.165) is 23.3 Å². The van der Waals surface area contributed by atoms with Gasteiger partial charge in [0, 0.05) is 13.1 Å². The van der Waals surface area contributed by atoms with Crippen molar-refractivity contribution < 1.29 is 19.4 Å². The van der Waals surface area contributed by atoms with E-state index in [-0.39, 0.29) is 17.1 Å². The molecule has 2 N–H and O–H groups in total. The Hall–Kier alpha value is -2.56. The third-order valence-corrected chi connectivity index (χ3v) is 3.68. The van der Waals surface area contributed by atoms with E-state index in [9.17, 15) is 19.4 Å². The number of phenolic OH excluding ortho intramolecular Hbond substituents is 2. The number of amides is 1. The second kappa shape index (κ2) is 5.09. The molecule has 0 saturated heterocycles. The minimum atomic E-state index is -0.564. The van der Waals surface area contributed by atoms with Gasteiger partial charge in [0.25, 0.3) is 5.91 Å². The Labute approximate surface area is 121 Å². The van der Waals surface area contributed by atoms with Gasteiger partial charge in [0.2, 0.25) is 0 Å². The van der Waals surface area contributed by atoms with E-state index in [0.29, 0.717) is 19.5 Å². The Balaban J connectivity index is 1.88. The van der Waals surface area contributed by atoms with Crippen molar-refractivity contribution in [2.24, 2.45) is 0 Å². The average Bonchev–Trinajstić information content (AvgIpc) is 2.48.